The lowest BCUT2D eigenvalue weighted by Gasteiger charge is -2.17. The number of nitrogens with zero attached hydrogens (tertiary/aromatic N) is 2. The molecule has 0 saturated carbocycles. The third-order valence-electron chi connectivity index (χ3n) is 4.49. The van der Waals surface area contributed by atoms with E-state index in [1.54, 1.807) is 0 Å². The molecule has 0 aliphatic carbocycles. The smallest absolute Gasteiger partial charge is 0.101 e. The molecule has 0 aliphatic rings. The zero-order valence-corrected chi connectivity index (χ0v) is 14.9. The summed E-state index contributed by atoms with van der Waals surface area (Å²) in [5.41, 5.74) is 5.49. The molecule has 0 saturated heterocycles. The maximum Gasteiger partial charge on any atom is 0.101 e. The maximum atomic E-state index is 5.25. The van der Waals surface area contributed by atoms with Gasteiger partial charge in [0.05, 0.1) is 5.71 Å². The molecule has 130 valence electrons. The van der Waals surface area contributed by atoms with Crippen LogP contribution in [0.25, 0.3) is 0 Å². The van der Waals surface area contributed by atoms with Crippen molar-refractivity contribution in [1.82, 2.24) is 4.98 Å². The molecule has 0 N–H and O–H groups in total. The van der Waals surface area contributed by atoms with Crippen molar-refractivity contribution in [2.75, 3.05) is 0 Å². The molecule has 1 heterocycles. The minimum absolute atomic E-state index is 0.0930. The summed E-state index contributed by atoms with van der Waals surface area (Å²) in [4.78, 5) is 9.41. The van der Waals surface area contributed by atoms with Crippen molar-refractivity contribution >= 4 is 5.71 Å². The molecule has 0 amide bonds. The van der Waals surface area contributed by atoms with Gasteiger partial charge in [-0.1, -0.05) is 91.0 Å². The van der Waals surface area contributed by atoms with E-state index in [1.807, 2.05) is 42.7 Å². The van der Waals surface area contributed by atoms with E-state index in [0.29, 0.717) is 0 Å². The van der Waals surface area contributed by atoms with E-state index >= 15 is 0 Å². The molecule has 1 atom stereocenters. The van der Waals surface area contributed by atoms with Gasteiger partial charge in [-0.15, -0.1) is 0 Å². The van der Waals surface area contributed by atoms with E-state index in [-0.39, 0.29) is 6.04 Å². The lowest BCUT2D eigenvalue weighted by Crippen LogP contribution is -2.08. The van der Waals surface area contributed by atoms with Crippen LogP contribution in [0.2, 0.25) is 0 Å². The molecule has 1 unspecified atom stereocenters. The molecule has 1 aromatic heterocycles. The lowest BCUT2D eigenvalue weighted by molar-refractivity contribution is 0.869. The van der Waals surface area contributed by atoms with E-state index in [9.17, 15) is 0 Å². The van der Waals surface area contributed by atoms with Crippen molar-refractivity contribution in [3.63, 3.8) is 0 Å². The van der Waals surface area contributed by atoms with Crippen LogP contribution in [0.5, 0.6) is 0 Å². The van der Waals surface area contributed by atoms with E-state index in [1.165, 1.54) is 0 Å². The molecule has 2 heteroatoms. The van der Waals surface area contributed by atoms with Crippen molar-refractivity contribution in [2.45, 2.75) is 6.04 Å². The van der Waals surface area contributed by atoms with Crippen LogP contribution in [-0.2, 0) is 0 Å². The summed E-state index contributed by atoms with van der Waals surface area (Å²) in [6, 6.07) is 35.1. The van der Waals surface area contributed by atoms with E-state index < -0.39 is 0 Å². The zero-order chi connectivity index (χ0) is 18.3. The second-order valence-corrected chi connectivity index (χ2v) is 6.30. The molecule has 0 spiro atoms. The number of hydrogen-bond donors (Lipinski definition) is 0. The second kappa shape index (κ2) is 8.24. The second-order valence-electron chi connectivity index (χ2n) is 6.30. The number of hydrogen-bond acceptors (Lipinski definition) is 2. The first-order chi connectivity index (χ1) is 13.4. The minimum Gasteiger partial charge on any atom is -0.271 e. The fourth-order valence-electron chi connectivity index (χ4n) is 3.16. The Morgan fingerprint density at radius 2 is 1.00 bits per heavy atom. The fraction of sp³-hybridized carbons (Fsp3) is 0.0400. The Kier molecular flexibility index (Phi) is 5.16. The molecule has 2 nitrogen and oxygen atoms in total. The average molecular weight is 348 g/mol. The van der Waals surface area contributed by atoms with Gasteiger partial charge in [0.25, 0.3) is 0 Å². The normalized spacial score (nSPS) is 11.6. The average Bonchev–Trinajstić information content (AvgIpc) is 2.77. The highest BCUT2D eigenvalue weighted by Crippen LogP contribution is 2.27. The van der Waals surface area contributed by atoms with E-state index in [4.69, 9.17) is 4.99 Å². The largest absolute Gasteiger partial charge is 0.271 e. The quantitative estimate of drug-likeness (QED) is 0.424. The van der Waals surface area contributed by atoms with Gasteiger partial charge in [-0.3, -0.25) is 9.98 Å². The molecule has 4 rings (SSSR count). The summed E-state index contributed by atoms with van der Waals surface area (Å²) < 4.78 is 0. The molecule has 0 fully saturated rings. The van der Waals surface area contributed by atoms with Crippen LogP contribution in [0, 0.1) is 0 Å². The summed E-state index contributed by atoms with van der Waals surface area (Å²) in [6.07, 6.45) is 3.65. The number of benzene rings is 3. The highest BCUT2D eigenvalue weighted by molar-refractivity contribution is 6.13. The van der Waals surface area contributed by atoms with Gasteiger partial charge in [0, 0.05) is 23.5 Å². The molecule has 4 aromatic rings. The molecule has 3 aromatic carbocycles. The van der Waals surface area contributed by atoms with Crippen molar-refractivity contribution < 1.29 is 0 Å². The summed E-state index contributed by atoms with van der Waals surface area (Å²) in [5, 5.41) is 0. The Morgan fingerprint density at radius 3 is 1.52 bits per heavy atom. The third-order valence-corrected chi connectivity index (χ3v) is 4.49. The number of rotatable bonds is 5. The Labute approximate surface area is 159 Å². The number of aromatic nitrogens is 1. The van der Waals surface area contributed by atoms with Gasteiger partial charge < -0.3 is 0 Å². The lowest BCUT2D eigenvalue weighted by atomic mass is 9.97. The molecular weight excluding hydrogens is 328 g/mol. The van der Waals surface area contributed by atoms with Crippen LogP contribution in [0.15, 0.2) is 121 Å². The Morgan fingerprint density at radius 1 is 0.556 bits per heavy atom. The zero-order valence-electron chi connectivity index (χ0n) is 14.9. The Hall–Kier alpha value is -3.52. The fourth-order valence-corrected chi connectivity index (χ4v) is 3.16. The third kappa shape index (κ3) is 4.01. The molecule has 27 heavy (non-hydrogen) atoms. The van der Waals surface area contributed by atoms with Crippen molar-refractivity contribution in [3.8, 4) is 0 Å². The molecule has 0 radical (unpaired) electrons. The van der Waals surface area contributed by atoms with Gasteiger partial charge in [0.15, 0.2) is 0 Å². The summed E-state index contributed by atoms with van der Waals surface area (Å²) in [6.45, 7) is 0. The van der Waals surface area contributed by atoms with Crippen LogP contribution in [0.1, 0.15) is 28.3 Å². The first-order valence-electron chi connectivity index (χ1n) is 9.05. The minimum atomic E-state index is -0.0930. The van der Waals surface area contributed by atoms with Crippen molar-refractivity contribution in [2.24, 2.45) is 4.99 Å². The van der Waals surface area contributed by atoms with Gasteiger partial charge in [-0.25, -0.2) is 0 Å². The standard InChI is InChI=1S/C25H20N2/c1-4-10-20(11-5-1)24(21-12-6-2-7-13-21)27-25(22-14-8-3-9-15-22)23-16-18-26-19-17-23/h1-19,25H. The van der Waals surface area contributed by atoms with E-state index in [2.05, 4.69) is 77.8 Å². The number of aliphatic imine (C=N–C) groups is 1. The van der Waals surface area contributed by atoms with Gasteiger partial charge in [-0.2, -0.15) is 0 Å². The summed E-state index contributed by atoms with van der Waals surface area (Å²) >= 11 is 0. The highest BCUT2D eigenvalue weighted by atomic mass is 14.8. The van der Waals surface area contributed by atoms with Crippen LogP contribution in [0.3, 0.4) is 0 Å². The van der Waals surface area contributed by atoms with Gasteiger partial charge in [0.1, 0.15) is 6.04 Å². The van der Waals surface area contributed by atoms with Crippen LogP contribution >= 0.6 is 0 Å². The molecular formula is C25H20N2. The summed E-state index contributed by atoms with van der Waals surface area (Å²) in [7, 11) is 0. The Balaban J connectivity index is 1.90. The molecule has 0 aliphatic heterocycles. The van der Waals surface area contributed by atoms with Crippen LogP contribution < -0.4 is 0 Å². The predicted molar refractivity (Wildman–Crippen MR) is 111 cm³/mol. The molecule has 0 bridgehead atoms. The van der Waals surface area contributed by atoms with Crippen LogP contribution in [0.4, 0.5) is 0 Å². The Bertz CT molecular complexity index is 914. The topological polar surface area (TPSA) is 25.2 Å². The first kappa shape index (κ1) is 16.9. The summed E-state index contributed by atoms with van der Waals surface area (Å²) in [5.74, 6) is 0. The van der Waals surface area contributed by atoms with E-state index in [0.717, 1.165) is 28.0 Å². The van der Waals surface area contributed by atoms with Crippen molar-refractivity contribution in [3.05, 3.63) is 138 Å². The number of pyridine rings is 1. The van der Waals surface area contributed by atoms with Gasteiger partial charge >= 0.3 is 0 Å². The SMILES string of the molecule is c1ccc(C(=NC(c2ccccc2)c2ccncc2)c2ccccc2)cc1. The predicted octanol–water partition coefficient (Wildman–Crippen LogP) is 5.71. The van der Waals surface area contributed by atoms with Crippen LogP contribution in [-0.4, -0.2) is 10.7 Å². The van der Waals surface area contributed by atoms with Gasteiger partial charge in [-0.05, 0) is 23.3 Å². The first-order valence-corrected chi connectivity index (χ1v) is 9.05. The monoisotopic (exact) mass is 348 g/mol. The van der Waals surface area contributed by atoms with Crippen molar-refractivity contribution in [1.29, 1.82) is 0 Å². The highest BCUT2D eigenvalue weighted by Gasteiger charge is 2.16. The van der Waals surface area contributed by atoms with Gasteiger partial charge in [0.2, 0.25) is 0 Å². The maximum absolute atomic E-state index is 5.25.